The summed E-state index contributed by atoms with van der Waals surface area (Å²) in [5.74, 6) is -0.157. The number of carbonyl (C=O) groups excluding carboxylic acids is 2. The molecule has 0 bridgehead atoms. The van der Waals surface area contributed by atoms with Crippen LogP contribution in [0.15, 0.2) is 76.3 Å². The van der Waals surface area contributed by atoms with Crippen LogP contribution in [0.1, 0.15) is 28.4 Å². The Hall–Kier alpha value is -3.16. The lowest BCUT2D eigenvalue weighted by Gasteiger charge is -2.13. The van der Waals surface area contributed by atoms with Crippen molar-refractivity contribution in [2.24, 2.45) is 5.10 Å². The van der Waals surface area contributed by atoms with E-state index in [9.17, 15) is 9.59 Å². The van der Waals surface area contributed by atoms with Crippen LogP contribution in [0.5, 0.6) is 11.5 Å². The molecule has 3 aromatic rings. The van der Waals surface area contributed by atoms with Crippen molar-refractivity contribution in [2.45, 2.75) is 20.0 Å². The van der Waals surface area contributed by atoms with Crippen LogP contribution in [0, 0.1) is 6.92 Å². The van der Waals surface area contributed by atoms with E-state index in [1.54, 1.807) is 67.6 Å². The maximum absolute atomic E-state index is 12.5. The highest BCUT2D eigenvalue weighted by Gasteiger charge is 2.15. The van der Waals surface area contributed by atoms with Crippen LogP contribution in [0.25, 0.3) is 0 Å². The number of ether oxygens (including phenoxy) is 2. The largest absolute Gasteiger partial charge is 0.481 e. The third kappa shape index (κ3) is 6.67. The molecular weight excluding hydrogens is 496 g/mol. The second-order valence-corrected chi connectivity index (χ2v) is 8.24. The van der Waals surface area contributed by atoms with Crippen molar-refractivity contribution >= 4 is 45.6 Å². The summed E-state index contributed by atoms with van der Waals surface area (Å²) in [5, 5.41) is 4.48. The number of amides is 1. The molecule has 1 unspecified atom stereocenters. The predicted octanol–water partition coefficient (Wildman–Crippen LogP) is 5.55. The van der Waals surface area contributed by atoms with E-state index in [0.29, 0.717) is 27.6 Å². The molecule has 0 radical (unpaired) electrons. The fourth-order valence-corrected chi connectivity index (χ4v) is 3.26. The van der Waals surface area contributed by atoms with Gasteiger partial charge >= 0.3 is 5.97 Å². The summed E-state index contributed by atoms with van der Waals surface area (Å²) in [4.78, 5) is 24.8. The molecule has 1 atom stereocenters. The van der Waals surface area contributed by atoms with E-state index in [1.165, 1.54) is 6.21 Å². The summed E-state index contributed by atoms with van der Waals surface area (Å²) in [6.07, 6.45) is 0.597. The number of esters is 1. The van der Waals surface area contributed by atoms with Crippen LogP contribution in [0.2, 0.25) is 5.02 Å². The highest BCUT2D eigenvalue weighted by Crippen LogP contribution is 2.23. The maximum Gasteiger partial charge on any atom is 0.343 e. The van der Waals surface area contributed by atoms with Crippen molar-refractivity contribution in [3.05, 3.63) is 92.9 Å². The number of hydrazone groups is 1. The van der Waals surface area contributed by atoms with Gasteiger partial charge in [0.15, 0.2) is 6.10 Å². The Labute approximate surface area is 199 Å². The van der Waals surface area contributed by atoms with Crippen molar-refractivity contribution in [1.82, 2.24) is 5.43 Å². The predicted molar refractivity (Wildman–Crippen MR) is 128 cm³/mol. The second-order valence-electron chi connectivity index (χ2n) is 6.89. The molecule has 0 fully saturated rings. The monoisotopic (exact) mass is 514 g/mol. The molecule has 32 heavy (non-hydrogen) atoms. The minimum atomic E-state index is -0.799. The summed E-state index contributed by atoms with van der Waals surface area (Å²) in [6.45, 7) is 3.49. The van der Waals surface area contributed by atoms with Crippen LogP contribution in [-0.2, 0) is 4.79 Å². The van der Waals surface area contributed by atoms with Gasteiger partial charge in [-0.05, 0) is 62.4 Å². The standard InChI is InChI=1S/C24H20BrClN2O4/c1-15-5-3-6-17(11-15)24(30)32-22-10-9-19(25)12-18(22)14-27-28-23(29)16(2)31-21-8-4-7-20(26)13-21/h3-14,16H,1-2H3,(H,28,29)/b27-14+. The number of carbonyl (C=O) groups is 2. The number of halogens is 2. The fraction of sp³-hybridized carbons (Fsp3) is 0.125. The third-order valence-electron chi connectivity index (χ3n) is 4.28. The molecule has 0 aliphatic carbocycles. The van der Waals surface area contributed by atoms with Crippen LogP contribution < -0.4 is 14.9 Å². The van der Waals surface area contributed by atoms with Crippen molar-refractivity contribution in [2.75, 3.05) is 0 Å². The highest BCUT2D eigenvalue weighted by molar-refractivity contribution is 9.10. The Morgan fingerprint density at radius 2 is 1.88 bits per heavy atom. The molecule has 0 heterocycles. The number of rotatable bonds is 7. The van der Waals surface area contributed by atoms with E-state index < -0.39 is 18.0 Å². The Kier molecular flexibility index (Phi) is 8.03. The van der Waals surface area contributed by atoms with Gasteiger partial charge in [-0.2, -0.15) is 5.10 Å². The number of hydrogen-bond donors (Lipinski definition) is 1. The molecule has 0 aliphatic rings. The zero-order chi connectivity index (χ0) is 23.1. The third-order valence-corrected chi connectivity index (χ3v) is 5.01. The van der Waals surface area contributed by atoms with Crippen LogP contribution >= 0.6 is 27.5 Å². The maximum atomic E-state index is 12.5. The molecule has 8 heteroatoms. The average molecular weight is 516 g/mol. The first-order valence-electron chi connectivity index (χ1n) is 9.65. The van der Waals surface area contributed by atoms with E-state index in [1.807, 2.05) is 13.0 Å². The van der Waals surface area contributed by atoms with Crippen LogP contribution in [0.3, 0.4) is 0 Å². The van der Waals surface area contributed by atoms with E-state index in [4.69, 9.17) is 21.1 Å². The topological polar surface area (TPSA) is 77.0 Å². The summed E-state index contributed by atoms with van der Waals surface area (Å²) in [5.41, 5.74) is 4.32. The molecule has 0 aliphatic heterocycles. The quantitative estimate of drug-likeness (QED) is 0.194. The number of benzene rings is 3. The molecule has 3 rings (SSSR count). The summed E-state index contributed by atoms with van der Waals surface area (Å²) >= 11 is 9.31. The molecule has 164 valence electrons. The summed E-state index contributed by atoms with van der Waals surface area (Å²) < 4.78 is 11.9. The Bertz CT molecular complexity index is 1170. The van der Waals surface area contributed by atoms with Gasteiger partial charge < -0.3 is 9.47 Å². The lowest BCUT2D eigenvalue weighted by atomic mass is 10.1. The number of nitrogens with zero attached hydrogens (tertiary/aromatic N) is 1. The molecule has 0 saturated carbocycles. The van der Waals surface area contributed by atoms with Crippen LogP contribution in [-0.4, -0.2) is 24.2 Å². The van der Waals surface area contributed by atoms with Gasteiger partial charge in [0.05, 0.1) is 11.8 Å². The molecule has 0 aromatic heterocycles. The van der Waals surface area contributed by atoms with Gasteiger partial charge in [0.2, 0.25) is 0 Å². The first kappa shape index (κ1) is 23.5. The number of aryl methyl sites for hydroxylation is 1. The van der Waals surface area contributed by atoms with Gasteiger partial charge in [-0.15, -0.1) is 0 Å². The van der Waals surface area contributed by atoms with Crippen LogP contribution in [0.4, 0.5) is 0 Å². The molecular formula is C24H20BrClN2O4. The van der Waals surface area contributed by atoms with E-state index >= 15 is 0 Å². The molecule has 0 spiro atoms. The highest BCUT2D eigenvalue weighted by atomic mass is 79.9. The summed E-state index contributed by atoms with van der Waals surface area (Å²) in [6, 6.07) is 19.0. The van der Waals surface area contributed by atoms with Crippen molar-refractivity contribution in [1.29, 1.82) is 0 Å². The van der Waals surface area contributed by atoms with Gasteiger partial charge in [0.1, 0.15) is 11.5 Å². The zero-order valence-corrected chi connectivity index (χ0v) is 19.7. The van der Waals surface area contributed by atoms with Crippen molar-refractivity contribution in [3.8, 4) is 11.5 Å². The number of hydrogen-bond acceptors (Lipinski definition) is 5. The van der Waals surface area contributed by atoms with Crippen molar-refractivity contribution in [3.63, 3.8) is 0 Å². The van der Waals surface area contributed by atoms with Gasteiger partial charge in [-0.1, -0.05) is 51.3 Å². The zero-order valence-electron chi connectivity index (χ0n) is 17.3. The molecule has 3 aromatic carbocycles. The first-order valence-corrected chi connectivity index (χ1v) is 10.8. The van der Waals surface area contributed by atoms with E-state index in [-0.39, 0.29) is 0 Å². The SMILES string of the molecule is Cc1cccc(C(=O)Oc2ccc(Br)cc2/C=N/NC(=O)C(C)Oc2cccc(Cl)c2)c1. The average Bonchev–Trinajstić information content (AvgIpc) is 2.75. The van der Waals surface area contributed by atoms with Crippen molar-refractivity contribution < 1.29 is 19.1 Å². The molecule has 1 N–H and O–H groups in total. The number of nitrogens with one attached hydrogen (secondary N) is 1. The van der Waals surface area contributed by atoms with E-state index in [2.05, 4.69) is 26.5 Å². The second kappa shape index (κ2) is 10.9. The lowest BCUT2D eigenvalue weighted by molar-refractivity contribution is -0.127. The summed E-state index contributed by atoms with van der Waals surface area (Å²) in [7, 11) is 0. The van der Waals surface area contributed by atoms with Gasteiger partial charge in [-0.3, -0.25) is 4.79 Å². The molecule has 6 nitrogen and oxygen atoms in total. The fourth-order valence-electron chi connectivity index (χ4n) is 2.70. The first-order chi connectivity index (χ1) is 15.3. The van der Waals surface area contributed by atoms with Gasteiger partial charge in [0.25, 0.3) is 5.91 Å². The van der Waals surface area contributed by atoms with E-state index in [0.717, 1.165) is 10.0 Å². The lowest BCUT2D eigenvalue weighted by Crippen LogP contribution is -2.33. The smallest absolute Gasteiger partial charge is 0.343 e. The molecule has 1 amide bonds. The normalized spacial score (nSPS) is 11.8. The van der Waals surface area contributed by atoms with Gasteiger partial charge in [0, 0.05) is 15.1 Å². The minimum absolute atomic E-state index is 0.306. The Morgan fingerprint density at radius 1 is 1.09 bits per heavy atom. The molecule has 0 saturated heterocycles. The minimum Gasteiger partial charge on any atom is -0.481 e. The van der Waals surface area contributed by atoms with Gasteiger partial charge in [-0.25, -0.2) is 10.2 Å². The Balaban J connectivity index is 1.66. The Morgan fingerprint density at radius 3 is 2.62 bits per heavy atom.